The predicted molar refractivity (Wildman–Crippen MR) is 147 cm³/mol. The van der Waals surface area contributed by atoms with Gasteiger partial charge in [-0.1, -0.05) is 84.6 Å². The highest BCUT2D eigenvalue weighted by Gasteiger charge is 2.55. The van der Waals surface area contributed by atoms with Crippen LogP contribution in [-0.2, 0) is 4.75 Å². The molecule has 0 atom stereocenters. The van der Waals surface area contributed by atoms with Gasteiger partial charge in [-0.05, 0) is 74.9 Å². The SMILES string of the molecule is C#Cc1ccc(C2=CC3=C(c4ccc(C#C)cc4)C4c5ccccc5C3(S2)c2ccccc24)cc1. The molecule has 2 bridgehead atoms. The van der Waals surface area contributed by atoms with Crippen LogP contribution in [0.5, 0.6) is 0 Å². The minimum Gasteiger partial charge on any atom is -0.115 e. The average molecular weight is 461 g/mol. The van der Waals surface area contributed by atoms with Crippen LogP contribution in [0.3, 0.4) is 0 Å². The second-order valence-electron chi connectivity index (χ2n) is 9.17. The Morgan fingerprint density at radius 2 is 1.14 bits per heavy atom. The molecule has 1 spiro atoms. The lowest BCUT2D eigenvalue weighted by Crippen LogP contribution is -2.37. The molecule has 4 aromatic rings. The first-order chi connectivity index (χ1) is 17.2. The molecule has 1 heteroatoms. The van der Waals surface area contributed by atoms with Crippen LogP contribution in [0.1, 0.15) is 50.4 Å². The van der Waals surface area contributed by atoms with Gasteiger partial charge in [0.05, 0.1) is 4.75 Å². The second-order valence-corrected chi connectivity index (χ2v) is 10.4. The molecule has 0 fully saturated rings. The minimum absolute atomic E-state index is 0.191. The van der Waals surface area contributed by atoms with Gasteiger partial charge in [0, 0.05) is 21.9 Å². The monoisotopic (exact) mass is 460 g/mol. The minimum atomic E-state index is -0.276. The summed E-state index contributed by atoms with van der Waals surface area (Å²) >= 11 is 1.96. The van der Waals surface area contributed by atoms with Crippen LogP contribution >= 0.6 is 11.8 Å². The van der Waals surface area contributed by atoms with Gasteiger partial charge in [-0.3, -0.25) is 0 Å². The van der Waals surface area contributed by atoms with Crippen LogP contribution in [0.15, 0.2) is 109 Å². The van der Waals surface area contributed by atoms with E-state index < -0.39 is 0 Å². The maximum Gasteiger partial charge on any atom is 0.0963 e. The summed E-state index contributed by atoms with van der Waals surface area (Å²) in [7, 11) is 0. The largest absolute Gasteiger partial charge is 0.115 e. The van der Waals surface area contributed by atoms with E-state index in [1.807, 2.05) is 23.9 Å². The third-order valence-electron chi connectivity index (χ3n) is 7.50. The zero-order valence-corrected chi connectivity index (χ0v) is 19.8. The van der Waals surface area contributed by atoms with Gasteiger partial charge in [0.1, 0.15) is 0 Å². The second kappa shape index (κ2) is 7.41. The molecule has 35 heavy (non-hydrogen) atoms. The third kappa shape index (κ3) is 2.68. The molecule has 3 aliphatic carbocycles. The molecule has 0 nitrogen and oxygen atoms in total. The number of thioether (sulfide) groups is 1. The summed E-state index contributed by atoms with van der Waals surface area (Å²) in [4.78, 5) is 1.27. The highest BCUT2D eigenvalue weighted by Crippen LogP contribution is 2.70. The van der Waals surface area contributed by atoms with E-state index in [-0.39, 0.29) is 10.7 Å². The molecule has 0 amide bonds. The first-order valence-electron chi connectivity index (χ1n) is 11.7. The van der Waals surface area contributed by atoms with Gasteiger partial charge in [0.15, 0.2) is 0 Å². The van der Waals surface area contributed by atoms with Crippen molar-refractivity contribution >= 4 is 22.2 Å². The average Bonchev–Trinajstić information content (AvgIpc) is 3.35. The molecule has 0 saturated heterocycles. The topological polar surface area (TPSA) is 0 Å². The summed E-state index contributed by atoms with van der Waals surface area (Å²) in [6, 6.07) is 34.8. The lowest BCUT2D eigenvalue weighted by Gasteiger charge is -2.49. The predicted octanol–water partition coefficient (Wildman–Crippen LogP) is 7.59. The molecule has 0 aromatic heterocycles. The van der Waals surface area contributed by atoms with Crippen LogP contribution in [0.2, 0.25) is 0 Å². The van der Waals surface area contributed by atoms with Gasteiger partial charge in [0.25, 0.3) is 0 Å². The highest BCUT2D eigenvalue weighted by atomic mass is 32.2. The van der Waals surface area contributed by atoms with Gasteiger partial charge in [0.2, 0.25) is 0 Å². The zero-order valence-electron chi connectivity index (χ0n) is 19.0. The van der Waals surface area contributed by atoms with E-state index in [1.165, 1.54) is 49.4 Å². The molecule has 0 N–H and O–H groups in total. The molecule has 0 saturated carbocycles. The summed E-state index contributed by atoms with van der Waals surface area (Å²) in [5, 5.41) is 0. The number of rotatable bonds is 2. The van der Waals surface area contributed by atoms with Crippen molar-refractivity contribution in [2.75, 3.05) is 0 Å². The van der Waals surface area contributed by atoms with E-state index in [4.69, 9.17) is 12.8 Å². The highest BCUT2D eigenvalue weighted by molar-refractivity contribution is 8.10. The summed E-state index contributed by atoms with van der Waals surface area (Å²) in [5.74, 6) is 5.68. The Hall–Kier alpha value is -4.17. The Balaban J connectivity index is 1.54. The molecule has 8 rings (SSSR count). The number of hydrogen-bond donors (Lipinski definition) is 0. The summed E-state index contributed by atoms with van der Waals surface area (Å²) in [6.07, 6.45) is 13.7. The Morgan fingerprint density at radius 1 is 0.629 bits per heavy atom. The summed E-state index contributed by atoms with van der Waals surface area (Å²) in [6.45, 7) is 0. The van der Waals surface area contributed by atoms with E-state index in [2.05, 4.69) is 103 Å². The number of benzene rings is 4. The Labute approximate surface area is 210 Å². The molecular weight excluding hydrogens is 440 g/mol. The quantitative estimate of drug-likeness (QED) is 0.278. The fraction of sp³-hybridized carbons (Fsp3) is 0.0588. The van der Waals surface area contributed by atoms with E-state index in [9.17, 15) is 0 Å². The molecular formula is C34H20S. The van der Waals surface area contributed by atoms with Crippen molar-refractivity contribution in [3.8, 4) is 24.7 Å². The van der Waals surface area contributed by atoms with Gasteiger partial charge in [-0.25, -0.2) is 0 Å². The fourth-order valence-corrected chi connectivity index (χ4v) is 7.64. The Bertz CT molecular complexity index is 1620. The Morgan fingerprint density at radius 3 is 1.69 bits per heavy atom. The molecule has 1 heterocycles. The van der Waals surface area contributed by atoms with Gasteiger partial charge < -0.3 is 0 Å². The normalized spacial score (nSPS) is 20.9. The summed E-state index contributed by atoms with van der Waals surface area (Å²) in [5.41, 5.74) is 12.6. The van der Waals surface area contributed by atoms with Crippen molar-refractivity contribution in [2.24, 2.45) is 0 Å². The van der Waals surface area contributed by atoms with Crippen LogP contribution < -0.4 is 0 Å². The molecule has 1 aliphatic heterocycles. The van der Waals surface area contributed by atoms with E-state index in [0.717, 1.165) is 11.1 Å². The first kappa shape index (κ1) is 20.2. The maximum atomic E-state index is 5.67. The van der Waals surface area contributed by atoms with Gasteiger partial charge >= 0.3 is 0 Å². The third-order valence-corrected chi connectivity index (χ3v) is 9.04. The van der Waals surface area contributed by atoms with Crippen molar-refractivity contribution in [1.82, 2.24) is 0 Å². The Kier molecular flexibility index (Phi) is 4.28. The number of hydrogen-bond acceptors (Lipinski definition) is 1. The van der Waals surface area contributed by atoms with Crippen molar-refractivity contribution in [3.05, 3.63) is 153 Å². The van der Waals surface area contributed by atoms with E-state index in [0.29, 0.717) is 0 Å². The lowest BCUT2D eigenvalue weighted by molar-refractivity contribution is 0.761. The molecule has 162 valence electrons. The van der Waals surface area contributed by atoms with Crippen LogP contribution in [0.25, 0.3) is 10.5 Å². The molecule has 4 aromatic carbocycles. The summed E-state index contributed by atoms with van der Waals surface area (Å²) < 4.78 is -0.276. The molecule has 0 unspecified atom stereocenters. The van der Waals surface area contributed by atoms with Gasteiger partial charge in [-0.2, -0.15) is 0 Å². The smallest absolute Gasteiger partial charge is 0.0963 e. The zero-order chi connectivity index (χ0) is 23.6. The first-order valence-corrected chi connectivity index (χ1v) is 12.5. The van der Waals surface area contributed by atoms with Crippen LogP contribution in [-0.4, -0.2) is 0 Å². The van der Waals surface area contributed by atoms with Crippen molar-refractivity contribution in [2.45, 2.75) is 10.7 Å². The standard InChI is InChI=1S/C34H20S/c1-3-22-13-17-24(18-14-22)31-21-30-32(25-19-15-23(4-2)16-20-25)33-26-9-5-7-11-28(26)34(30,35-31)29-12-8-6-10-27(29)33/h1-2,5-21,33H. The maximum absolute atomic E-state index is 5.67. The van der Waals surface area contributed by atoms with Gasteiger partial charge in [-0.15, -0.1) is 24.6 Å². The van der Waals surface area contributed by atoms with Crippen molar-refractivity contribution < 1.29 is 0 Å². The van der Waals surface area contributed by atoms with E-state index >= 15 is 0 Å². The van der Waals surface area contributed by atoms with E-state index in [1.54, 1.807) is 0 Å². The van der Waals surface area contributed by atoms with Crippen molar-refractivity contribution in [1.29, 1.82) is 0 Å². The van der Waals surface area contributed by atoms with Crippen LogP contribution in [0.4, 0.5) is 0 Å². The molecule has 0 radical (unpaired) electrons. The molecule has 4 aliphatic rings. The number of allylic oxidation sites excluding steroid dienone is 2. The van der Waals surface area contributed by atoms with Crippen molar-refractivity contribution in [3.63, 3.8) is 0 Å². The van der Waals surface area contributed by atoms with Crippen LogP contribution in [0, 0.1) is 24.7 Å². The lowest BCUT2D eigenvalue weighted by atomic mass is 9.59. The number of terminal acetylenes is 2. The fourth-order valence-electron chi connectivity index (χ4n) is 6.01.